The highest BCUT2D eigenvalue weighted by Crippen LogP contribution is 2.28. The van der Waals surface area contributed by atoms with Crippen LogP contribution in [0.2, 0.25) is 10.0 Å². The first-order valence-corrected chi connectivity index (χ1v) is 12.7. The number of benzene rings is 3. The van der Waals surface area contributed by atoms with Gasteiger partial charge in [-0.15, -0.1) is 0 Å². The summed E-state index contributed by atoms with van der Waals surface area (Å²) in [6.07, 6.45) is 1.92. The molecule has 9 heteroatoms. The zero-order valence-electron chi connectivity index (χ0n) is 17.8. The molecule has 4 aromatic rings. The number of nitrogens with one attached hydrogen (secondary N) is 2. The maximum atomic E-state index is 13.3. The number of nitrogens with zero attached hydrogens (tertiary/aromatic N) is 1. The monoisotopic (exact) mass is 511 g/mol. The van der Waals surface area contributed by atoms with E-state index in [1.165, 1.54) is 18.2 Å². The van der Waals surface area contributed by atoms with Gasteiger partial charge in [-0.25, -0.2) is 8.42 Å². The molecule has 1 aliphatic rings. The number of halogens is 2. The van der Waals surface area contributed by atoms with E-state index in [2.05, 4.69) is 20.7 Å². The van der Waals surface area contributed by atoms with Gasteiger partial charge in [0.15, 0.2) is 5.78 Å². The van der Waals surface area contributed by atoms with E-state index in [4.69, 9.17) is 23.2 Å². The van der Waals surface area contributed by atoms with Crippen molar-refractivity contribution in [2.75, 3.05) is 10.0 Å². The van der Waals surface area contributed by atoms with E-state index in [0.717, 1.165) is 16.9 Å². The fourth-order valence-corrected chi connectivity index (χ4v) is 5.81. The number of anilines is 2. The second-order valence-corrected chi connectivity index (χ2v) is 10.4. The van der Waals surface area contributed by atoms with E-state index >= 15 is 0 Å². The number of hydrogen-bond acceptors (Lipinski definition) is 4. The van der Waals surface area contributed by atoms with Crippen LogP contribution in [0.3, 0.4) is 0 Å². The minimum Gasteiger partial charge on any atom is -0.379 e. The van der Waals surface area contributed by atoms with Gasteiger partial charge in [-0.05, 0) is 60.2 Å². The smallest absolute Gasteiger partial charge is 0.263 e. The highest BCUT2D eigenvalue weighted by molar-refractivity contribution is 7.92. The van der Waals surface area contributed by atoms with Crippen LogP contribution in [-0.2, 0) is 23.1 Å². The Balaban J connectivity index is 1.37. The molecule has 0 fully saturated rings. The number of fused-ring (bicyclic) bond motifs is 2. The van der Waals surface area contributed by atoms with Crippen LogP contribution in [0.4, 0.5) is 11.4 Å². The van der Waals surface area contributed by atoms with E-state index in [-0.39, 0.29) is 20.7 Å². The number of para-hydroxylation sites is 1. The minimum atomic E-state index is -3.95. The molecule has 0 unspecified atom stereocenters. The summed E-state index contributed by atoms with van der Waals surface area (Å²) >= 11 is 12.0. The topological polar surface area (TPSA) is 80.2 Å². The van der Waals surface area contributed by atoms with Crippen LogP contribution >= 0.6 is 23.2 Å². The van der Waals surface area contributed by atoms with Gasteiger partial charge in [0.1, 0.15) is 4.90 Å². The van der Waals surface area contributed by atoms with Gasteiger partial charge in [0.2, 0.25) is 0 Å². The van der Waals surface area contributed by atoms with Gasteiger partial charge in [-0.2, -0.15) is 0 Å². The Kier molecular flexibility index (Phi) is 5.85. The highest BCUT2D eigenvalue weighted by atomic mass is 35.5. The molecule has 3 aromatic carbocycles. The summed E-state index contributed by atoms with van der Waals surface area (Å²) in [5.74, 6) is -0.131. The number of aromatic nitrogens is 1. The normalized spacial score (nSPS) is 12.8. The molecule has 1 aromatic heterocycles. The van der Waals surface area contributed by atoms with Crippen molar-refractivity contribution in [3.63, 3.8) is 0 Å². The van der Waals surface area contributed by atoms with Gasteiger partial charge >= 0.3 is 0 Å². The minimum absolute atomic E-state index is 0.0638. The van der Waals surface area contributed by atoms with E-state index in [9.17, 15) is 13.2 Å². The molecule has 34 heavy (non-hydrogen) atoms. The van der Waals surface area contributed by atoms with Crippen LogP contribution in [0.15, 0.2) is 83.9 Å². The lowest BCUT2D eigenvalue weighted by Gasteiger charge is -2.11. The molecule has 0 aliphatic carbocycles. The predicted molar refractivity (Wildman–Crippen MR) is 134 cm³/mol. The summed E-state index contributed by atoms with van der Waals surface area (Å²) in [5, 5.41) is 3.73. The SMILES string of the molecule is O=C(c1ccc(NS(=O)(=O)c2cc(Cl)ccc2Cl)cc1)c1ccn2c1CNc1ccccc1C2. The lowest BCUT2D eigenvalue weighted by molar-refractivity contribution is 0.103. The summed E-state index contributed by atoms with van der Waals surface area (Å²) in [4.78, 5) is 13.1. The number of rotatable bonds is 5. The van der Waals surface area contributed by atoms with Gasteiger partial charge in [0.05, 0.1) is 11.6 Å². The lowest BCUT2D eigenvalue weighted by atomic mass is 10.0. The molecular weight excluding hydrogens is 493 g/mol. The fourth-order valence-electron chi connectivity index (χ4n) is 3.99. The van der Waals surface area contributed by atoms with Gasteiger partial charge < -0.3 is 9.88 Å². The van der Waals surface area contributed by atoms with Crippen molar-refractivity contribution in [1.82, 2.24) is 4.57 Å². The highest BCUT2D eigenvalue weighted by Gasteiger charge is 2.22. The van der Waals surface area contributed by atoms with Crippen molar-refractivity contribution >= 4 is 50.4 Å². The third kappa shape index (κ3) is 4.30. The van der Waals surface area contributed by atoms with Gasteiger partial charge in [-0.1, -0.05) is 41.4 Å². The Morgan fingerprint density at radius 2 is 1.74 bits per heavy atom. The summed E-state index contributed by atoms with van der Waals surface area (Å²) in [5.41, 5.74) is 4.49. The van der Waals surface area contributed by atoms with Gasteiger partial charge in [0, 0.05) is 46.0 Å². The fraction of sp³-hybridized carbons (Fsp3) is 0.0800. The molecule has 6 nitrogen and oxygen atoms in total. The van der Waals surface area contributed by atoms with E-state index < -0.39 is 10.0 Å². The van der Waals surface area contributed by atoms with Crippen LogP contribution in [-0.4, -0.2) is 18.8 Å². The average molecular weight is 512 g/mol. The first kappa shape index (κ1) is 22.5. The largest absolute Gasteiger partial charge is 0.379 e. The molecule has 1 aliphatic heterocycles. The molecule has 5 rings (SSSR count). The maximum absolute atomic E-state index is 13.3. The zero-order valence-corrected chi connectivity index (χ0v) is 20.1. The van der Waals surface area contributed by atoms with E-state index in [0.29, 0.717) is 29.9 Å². The molecule has 0 amide bonds. The zero-order chi connectivity index (χ0) is 23.9. The molecular formula is C25H19Cl2N3O3S. The first-order chi connectivity index (χ1) is 16.3. The van der Waals surface area contributed by atoms with Crippen LogP contribution in [0, 0.1) is 0 Å². The lowest BCUT2D eigenvalue weighted by Crippen LogP contribution is -2.14. The van der Waals surface area contributed by atoms with Crippen molar-refractivity contribution in [3.05, 3.63) is 111 Å². The van der Waals surface area contributed by atoms with Crippen molar-refractivity contribution < 1.29 is 13.2 Å². The molecule has 2 heterocycles. The Labute approximate surface area is 207 Å². The third-order valence-corrected chi connectivity index (χ3v) is 7.81. The van der Waals surface area contributed by atoms with Crippen LogP contribution in [0.1, 0.15) is 27.2 Å². The number of sulfonamides is 1. The predicted octanol–water partition coefficient (Wildman–Crippen LogP) is 5.80. The molecule has 0 spiro atoms. The summed E-state index contributed by atoms with van der Waals surface area (Å²) in [6, 6.07) is 20.4. The Bertz CT molecular complexity index is 1510. The van der Waals surface area contributed by atoms with E-state index in [1.807, 2.05) is 30.5 Å². The number of carbonyl (C=O) groups excluding carboxylic acids is 1. The van der Waals surface area contributed by atoms with Crippen molar-refractivity contribution in [3.8, 4) is 0 Å². The average Bonchev–Trinajstić information content (AvgIpc) is 3.12. The molecule has 0 bridgehead atoms. The molecule has 0 saturated heterocycles. The standard InChI is InChI=1S/C25H19Cl2N3O3S/c26-18-7-10-21(27)24(13-18)34(32,33)29-19-8-5-16(6-9-19)25(31)20-11-12-30-15-17-3-1-2-4-22(17)28-14-23(20)30/h1-13,28-29H,14-15H2. The van der Waals surface area contributed by atoms with Crippen molar-refractivity contribution in [2.45, 2.75) is 18.0 Å². The Hall–Kier alpha value is -3.26. The Morgan fingerprint density at radius 1 is 0.971 bits per heavy atom. The summed E-state index contributed by atoms with van der Waals surface area (Å²) in [6.45, 7) is 1.21. The van der Waals surface area contributed by atoms with Crippen LogP contribution in [0.5, 0.6) is 0 Å². The van der Waals surface area contributed by atoms with Crippen molar-refractivity contribution in [1.29, 1.82) is 0 Å². The van der Waals surface area contributed by atoms with Gasteiger partial charge in [-0.3, -0.25) is 9.52 Å². The number of ketones is 1. The molecule has 0 saturated carbocycles. The molecule has 2 N–H and O–H groups in total. The molecule has 172 valence electrons. The number of carbonyl (C=O) groups is 1. The van der Waals surface area contributed by atoms with E-state index in [1.54, 1.807) is 24.3 Å². The Morgan fingerprint density at radius 3 is 2.53 bits per heavy atom. The summed E-state index contributed by atoms with van der Waals surface area (Å²) < 4.78 is 30.0. The molecule has 0 atom stereocenters. The third-order valence-electron chi connectivity index (χ3n) is 5.71. The molecule has 0 radical (unpaired) electrons. The first-order valence-electron chi connectivity index (χ1n) is 10.4. The van der Waals surface area contributed by atoms with Crippen LogP contribution < -0.4 is 10.0 Å². The summed E-state index contributed by atoms with van der Waals surface area (Å²) in [7, 11) is -3.95. The number of hydrogen-bond donors (Lipinski definition) is 2. The van der Waals surface area contributed by atoms with Crippen LogP contribution in [0.25, 0.3) is 0 Å². The maximum Gasteiger partial charge on any atom is 0.263 e. The second kappa shape index (κ2) is 8.83. The second-order valence-electron chi connectivity index (χ2n) is 7.90. The van der Waals surface area contributed by atoms with Crippen molar-refractivity contribution in [2.24, 2.45) is 0 Å². The van der Waals surface area contributed by atoms with Gasteiger partial charge in [0.25, 0.3) is 10.0 Å². The quantitative estimate of drug-likeness (QED) is 0.331.